The van der Waals surface area contributed by atoms with Crippen molar-refractivity contribution in [1.82, 2.24) is 0 Å². The second-order valence-electron chi connectivity index (χ2n) is 7.16. The number of anilines is 3. The lowest BCUT2D eigenvalue weighted by atomic mass is 10.1. The van der Waals surface area contributed by atoms with E-state index in [2.05, 4.69) is 77.7 Å². The molecule has 0 aliphatic rings. The Balaban J connectivity index is 1.80. The van der Waals surface area contributed by atoms with Gasteiger partial charge in [0.25, 0.3) is 0 Å². The summed E-state index contributed by atoms with van der Waals surface area (Å²) in [6, 6.07) is 30.4. The van der Waals surface area contributed by atoms with Crippen molar-refractivity contribution in [2.75, 3.05) is 24.7 Å². The van der Waals surface area contributed by atoms with Crippen LogP contribution >= 0.6 is 0 Å². The first-order chi connectivity index (χ1) is 15.2. The van der Waals surface area contributed by atoms with Crippen molar-refractivity contribution >= 4 is 25.9 Å². The summed E-state index contributed by atoms with van der Waals surface area (Å²) in [5, 5.41) is 0. The van der Waals surface area contributed by atoms with Crippen molar-refractivity contribution in [2.24, 2.45) is 0 Å². The number of benzene rings is 3. The maximum Gasteiger partial charge on any atom is 0.501 e. The van der Waals surface area contributed by atoms with Gasteiger partial charge in [-0.3, -0.25) is 0 Å². The molecule has 0 fully saturated rings. The number of nitrogens with zero attached hydrogens (tertiary/aromatic N) is 1. The third kappa shape index (κ3) is 6.28. The third-order valence-electron chi connectivity index (χ3n) is 5.04. The molecular formula is C26H33NO3Si. The Bertz CT molecular complexity index is 831. The zero-order chi connectivity index (χ0) is 21.9. The fourth-order valence-electron chi connectivity index (χ4n) is 3.71. The molecule has 0 heterocycles. The van der Waals surface area contributed by atoms with Crippen LogP contribution in [0.5, 0.6) is 0 Å². The van der Waals surface area contributed by atoms with Gasteiger partial charge in [-0.25, -0.2) is 0 Å². The van der Waals surface area contributed by atoms with Crippen LogP contribution in [0.3, 0.4) is 0 Å². The minimum atomic E-state index is -2.63. The van der Waals surface area contributed by atoms with Gasteiger partial charge in [0.2, 0.25) is 0 Å². The van der Waals surface area contributed by atoms with E-state index in [0.717, 1.165) is 29.5 Å². The molecule has 4 nitrogen and oxygen atoms in total. The highest BCUT2D eigenvalue weighted by Crippen LogP contribution is 2.34. The quantitative estimate of drug-likeness (QED) is 0.295. The monoisotopic (exact) mass is 435 g/mol. The van der Waals surface area contributed by atoms with Crippen molar-refractivity contribution in [3.63, 3.8) is 0 Å². The van der Waals surface area contributed by atoms with Gasteiger partial charge < -0.3 is 18.2 Å². The summed E-state index contributed by atoms with van der Waals surface area (Å²) in [5.74, 6) is 0. The van der Waals surface area contributed by atoms with Crippen LogP contribution in [0.25, 0.3) is 0 Å². The molecule has 0 atom stereocenters. The Labute approximate surface area is 187 Å². The van der Waals surface area contributed by atoms with Gasteiger partial charge in [0.15, 0.2) is 0 Å². The van der Waals surface area contributed by atoms with Gasteiger partial charge in [-0.1, -0.05) is 48.5 Å². The maximum atomic E-state index is 6.00. The molecule has 0 radical (unpaired) electrons. The molecule has 0 saturated carbocycles. The molecule has 0 amide bonds. The summed E-state index contributed by atoms with van der Waals surface area (Å²) in [7, 11) is -2.63. The van der Waals surface area contributed by atoms with E-state index in [0.29, 0.717) is 19.8 Å². The van der Waals surface area contributed by atoms with E-state index in [-0.39, 0.29) is 0 Å². The van der Waals surface area contributed by atoms with E-state index in [1.54, 1.807) is 0 Å². The van der Waals surface area contributed by atoms with E-state index < -0.39 is 8.80 Å². The topological polar surface area (TPSA) is 30.9 Å². The van der Waals surface area contributed by atoms with Gasteiger partial charge >= 0.3 is 8.80 Å². The smallest absolute Gasteiger partial charge is 0.374 e. The van der Waals surface area contributed by atoms with E-state index in [4.69, 9.17) is 13.3 Å². The van der Waals surface area contributed by atoms with Gasteiger partial charge in [-0.05, 0) is 69.2 Å². The lowest BCUT2D eigenvalue weighted by Gasteiger charge is -2.28. The Morgan fingerprint density at radius 1 is 0.581 bits per heavy atom. The summed E-state index contributed by atoms with van der Waals surface area (Å²) in [6.45, 7) is 7.81. The Morgan fingerprint density at radius 2 is 1.00 bits per heavy atom. The number of hydrogen-bond donors (Lipinski definition) is 0. The molecule has 0 bridgehead atoms. The highest BCUT2D eigenvalue weighted by Gasteiger charge is 2.39. The molecule has 164 valence electrons. The third-order valence-corrected chi connectivity index (χ3v) is 8.08. The predicted octanol–water partition coefficient (Wildman–Crippen LogP) is 6.75. The van der Waals surface area contributed by atoms with Gasteiger partial charge in [-0.15, -0.1) is 0 Å². The zero-order valence-electron chi connectivity index (χ0n) is 18.8. The number of rotatable bonds is 12. The molecule has 0 spiro atoms. The zero-order valence-corrected chi connectivity index (χ0v) is 19.8. The van der Waals surface area contributed by atoms with Gasteiger partial charge in [-0.2, -0.15) is 0 Å². The lowest BCUT2D eigenvalue weighted by Crippen LogP contribution is -2.46. The second-order valence-corrected chi connectivity index (χ2v) is 9.89. The van der Waals surface area contributed by atoms with Crippen LogP contribution in [0, 0.1) is 0 Å². The molecule has 3 aromatic carbocycles. The predicted molar refractivity (Wildman–Crippen MR) is 130 cm³/mol. The highest BCUT2D eigenvalue weighted by atomic mass is 28.4. The average Bonchev–Trinajstić information content (AvgIpc) is 2.81. The first-order valence-corrected chi connectivity index (χ1v) is 13.1. The molecule has 5 heteroatoms. The first-order valence-electron chi connectivity index (χ1n) is 11.1. The van der Waals surface area contributed by atoms with Crippen molar-refractivity contribution < 1.29 is 13.3 Å². The summed E-state index contributed by atoms with van der Waals surface area (Å²) in [4.78, 5) is 2.27. The van der Waals surface area contributed by atoms with Gasteiger partial charge in [0.1, 0.15) is 0 Å². The Hall–Kier alpha value is -2.44. The van der Waals surface area contributed by atoms with Crippen LogP contribution in [0.2, 0.25) is 6.04 Å². The normalized spacial score (nSPS) is 11.5. The Morgan fingerprint density at radius 3 is 1.42 bits per heavy atom. The SMILES string of the molecule is CCO[Si](CCc1ccc(N(c2ccccc2)c2ccccc2)cc1)(OCC)OCC. The molecule has 0 saturated heterocycles. The van der Waals surface area contributed by atoms with E-state index in [9.17, 15) is 0 Å². The molecule has 0 aliphatic heterocycles. The fraction of sp³-hybridized carbons (Fsp3) is 0.308. The fourth-order valence-corrected chi connectivity index (χ4v) is 6.31. The van der Waals surface area contributed by atoms with Crippen molar-refractivity contribution in [3.05, 3.63) is 90.5 Å². The van der Waals surface area contributed by atoms with E-state index in [1.807, 2.05) is 32.9 Å². The van der Waals surface area contributed by atoms with Gasteiger partial charge in [0, 0.05) is 42.9 Å². The van der Waals surface area contributed by atoms with Crippen LogP contribution in [0.4, 0.5) is 17.1 Å². The number of para-hydroxylation sites is 2. The lowest BCUT2D eigenvalue weighted by molar-refractivity contribution is 0.0714. The number of hydrogen-bond acceptors (Lipinski definition) is 4. The number of aryl methyl sites for hydroxylation is 1. The van der Waals surface area contributed by atoms with Gasteiger partial charge in [0.05, 0.1) is 0 Å². The molecular weight excluding hydrogens is 402 g/mol. The second kappa shape index (κ2) is 11.8. The minimum Gasteiger partial charge on any atom is -0.374 e. The highest BCUT2D eigenvalue weighted by molar-refractivity contribution is 6.60. The molecule has 3 aromatic rings. The molecule has 31 heavy (non-hydrogen) atoms. The van der Waals surface area contributed by atoms with Crippen LogP contribution in [-0.4, -0.2) is 28.6 Å². The van der Waals surface area contributed by atoms with Crippen LogP contribution in [0.15, 0.2) is 84.9 Å². The van der Waals surface area contributed by atoms with E-state index in [1.165, 1.54) is 5.56 Å². The van der Waals surface area contributed by atoms with Crippen LogP contribution in [-0.2, 0) is 19.7 Å². The summed E-state index contributed by atoms with van der Waals surface area (Å²) in [6.07, 6.45) is 0.864. The average molecular weight is 436 g/mol. The molecule has 0 N–H and O–H groups in total. The first kappa shape index (κ1) is 23.2. The molecule has 0 unspecified atom stereocenters. The Kier molecular flexibility index (Phi) is 8.85. The summed E-state index contributed by atoms with van der Waals surface area (Å²) < 4.78 is 18.0. The standard InChI is InChI=1S/C26H33NO3Si/c1-4-28-31(29-5-2,30-6-3)22-21-23-17-19-26(20-18-23)27(24-13-9-7-10-14-24)25-15-11-8-12-16-25/h7-20H,4-6,21-22H2,1-3H3. The van der Waals surface area contributed by atoms with Crippen molar-refractivity contribution in [1.29, 1.82) is 0 Å². The molecule has 0 aromatic heterocycles. The van der Waals surface area contributed by atoms with E-state index >= 15 is 0 Å². The van der Waals surface area contributed by atoms with Crippen molar-refractivity contribution in [2.45, 2.75) is 33.2 Å². The molecule has 0 aliphatic carbocycles. The van der Waals surface area contributed by atoms with Crippen LogP contribution in [0.1, 0.15) is 26.3 Å². The van der Waals surface area contributed by atoms with Crippen LogP contribution < -0.4 is 4.90 Å². The maximum absolute atomic E-state index is 6.00. The molecule has 3 rings (SSSR count). The summed E-state index contributed by atoms with van der Waals surface area (Å²) >= 11 is 0. The van der Waals surface area contributed by atoms with Crippen molar-refractivity contribution in [3.8, 4) is 0 Å². The minimum absolute atomic E-state index is 0.605. The largest absolute Gasteiger partial charge is 0.501 e. The summed E-state index contributed by atoms with van der Waals surface area (Å²) in [5.41, 5.74) is 4.65.